The molecule has 4 heteroatoms. The van der Waals surface area contributed by atoms with Crippen LogP contribution in [0, 0.1) is 11.8 Å². The molecule has 1 aromatic rings. The van der Waals surface area contributed by atoms with Gasteiger partial charge in [0.2, 0.25) is 0 Å². The van der Waals surface area contributed by atoms with Crippen LogP contribution in [0.4, 0.5) is 0 Å². The standard InChI is InChI=1S/C24H29NO3/c1-5-6-9-15(2)23-19(14-26)16(3)25-20-12-17(13-21(27)24(20)23)18-10-7-8-11-22(18)28-4/h5-8,10-11,14-15,17,23,25H,9,12-13H2,1-4H3/b6-5-. The van der Waals surface area contributed by atoms with Crippen LogP contribution in [0.2, 0.25) is 0 Å². The fraction of sp³-hybridized carbons (Fsp3) is 0.417. The van der Waals surface area contributed by atoms with Gasteiger partial charge in [-0.25, -0.2) is 0 Å². The number of methoxy groups -OCH3 is 1. The maximum Gasteiger partial charge on any atom is 0.161 e. The van der Waals surface area contributed by atoms with E-state index in [-0.39, 0.29) is 23.5 Å². The van der Waals surface area contributed by atoms with Gasteiger partial charge in [0.15, 0.2) is 5.78 Å². The van der Waals surface area contributed by atoms with E-state index in [0.717, 1.165) is 47.4 Å². The second-order valence-corrected chi connectivity index (χ2v) is 7.75. The summed E-state index contributed by atoms with van der Waals surface area (Å²) in [6.07, 6.45) is 7.07. The molecule has 1 aliphatic heterocycles. The zero-order chi connectivity index (χ0) is 20.3. The number of Topliss-reactive ketones (excluding diaryl/α,β-unsaturated/α-hetero) is 1. The summed E-state index contributed by atoms with van der Waals surface area (Å²) in [7, 11) is 1.66. The van der Waals surface area contributed by atoms with Gasteiger partial charge in [0, 0.05) is 40.8 Å². The largest absolute Gasteiger partial charge is 0.496 e. The van der Waals surface area contributed by atoms with Crippen LogP contribution in [0.3, 0.4) is 0 Å². The Balaban J connectivity index is 2.00. The number of carbonyl (C=O) groups is 2. The topological polar surface area (TPSA) is 55.4 Å². The van der Waals surface area contributed by atoms with Gasteiger partial charge in [-0.2, -0.15) is 0 Å². The van der Waals surface area contributed by atoms with Crippen molar-refractivity contribution in [3.63, 3.8) is 0 Å². The van der Waals surface area contributed by atoms with Crippen molar-refractivity contribution in [2.24, 2.45) is 11.8 Å². The SMILES string of the molecule is C/C=C\CC(C)C1C(C=O)=C(C)NC2=C1C(=O)CC(c1ccccc1OC)C2. The van der Waals surface area contributed by atoms with Crippen molar-refractivity contribution >= 4 is 12.1 Å². The van der Waals surface area contributed by atoms with Gasteiger partial charge in [0.25, 0.3) is 0 Å². The molecule has 1 heterocycles. The maximum absolute atomic E-state index is 13.3. The number of ketones is 1. The first-order chi connectivity index (χ1) is 13.5. The average molecular weight is 380 g/mol. The third-order valence-electron chi connectivity index (χ3n) is 5.94. The first kappa shape index (κ1) is 20.1. The summed E-state index contributed by atoms with van der Waals surface area (Å²) in [5, 5.41) is 3.38. The molecule has 3 atom stereocenters. The highest BCUT2D eigenvalue weighted by atomic mass is 16.5. The molecule has 0 fully saturated rings. The molecule has 0 bridgehead atoms. The third kappa shape index (κ3) is 3.68. The van der Waals surface area contributed by atoms with Crippen molar-refractivity contribution in [1.82, 2.24) is 5.32 Å². The molecule has 2 aliphatic rings. The lowest BCUT2D eigenvalue weighted by atomic mass is 9.69. The fourth-order valence-corrected chi connectivity index (χ4v) is 4.56. The number of nitrogens with one attached hydrogen (secondary N) is 1. The molecule has 1 aliphatic carbocycles. The second-order valence-electron chi connectivity index (χ2n) is 7.75. The molecule has 0 saturated heterocycles. The van der Waals surface area contributed by atoms with Crippen molar-refractivity contribution in [2.45, 2.75) is 46.0 Å². The lowest BCUT2D eigenvalue weighted by molar-refractivity contribution is -0.117. The van der Waals surface area contributed by atoms with Gasteiger partial charge in [-0.1, -0.05) is 37.3 Å². The number of aldehydes is 1. The third-order valence-corrected chi connectivity index (χ3v) is 5.94. The Labute approximate surface area is 167 Å². The van der Waals surface area contributed by atoms with Crippen LogP contribution in [-0.2, 0) is 9.59 Å². The van der Waals surface area contributed by atoms with Gasteiger partial charge >= 0.3 is 0 Å². The monoisotopic (exact) mass is 379 g/mol. The molecular weight excluding hydrogens is 350 g/mol. The van der Waals surface area contributed by atoms with Crippen molar-refractivity contribution in [2.75, 3.05) is 7.11 Å². The number of hydrogen-bond donors (Lipinski definition) is 1. The van der Waals surface area contributed by atoms with Crippen LogP contribution in [0.5, 0.6) is 5.75 Å². The number of benzene rings is 1. The zero-order valence-electron chi connectivity index (χ0n) is 17.1. The summed E-state index contributed by atoms with van der Waals surface area (Å²) >= 11 is 0. The fourth-order valence-electron chi connectivity index (χ4n) is 4.56. The minimum absolute atomic E-state index is 0.0759. The Morgan fingerprint density at radius 2 is 2.04 bits per heavy atom. The molecule has 0 saturated carbocycles. The second kappa shape index (κ2) is 8.59. The smallest absolute Gasteiger partial charge is 0.161 e. The molecule has 1 aromatic carbocycles. The van der Waals surface area contributed by atoms with Gasteiger partial charge in [0.1, 0.15) is 12.0 Å². The van der Waals surface area contributed by atoms with E-state index in [2.05, 4.69) is 18.3 Å². The molecular formula is C24H29NO3. The van der Waals surface area contributed by atoms with Crippen molar-refractivity contribution in [3.8, 4) is 5.75 Å². The number of hydrogen-bond acceptors (Lipinski definition) is 4. The predicted molar refractivity (Wildman–Crippen MR) is 111 cm³/mol. The maximum atomic E-state index is 13.3. The summed E-state index contributed by atoms with van der Waals surface area (Å²) in [5.74, 6) is 1.07. The van der Waals surface area contributed by atoms with Gasteiger partial charge < -0.3 is 10.1 Å². The Bertz CT molecular complexity index is 862. The molecule has 1 N–H and O–H groups in total. The van der Waals surface area contributed by atoms with Crippen molar-refractivity contribution in [3.05, 3.63) is 64.5 Å². The normalized spacial score (nSPS) is 23.5. The van der Waals surface area contributed by atoms with Crippen molar-refractivity contribution in [1.29, 1.82) is 0 Å². The zero-order valence-corrected chi connectivity index (χ0v) is 17.1. The van der Waals surface area contributed by atoms with E-state index in [1.165, 1.54) is 0 Å². The molecule has 4 nitrogen and oxygen atoms in total. The van der Waals surface area contributed by atoms with Crippen LogP contribution in [0.25, 0.3) is 0 Å². The van der Waals surface area contributed by atoms with E-state index in [1.807, 2.05) is 44.2 Å². The molecule has 0 aromatic heterocycles. The summed E-state index contributed by atoms with van der Waals surface area (Å²) < 4.78 is 5.52. The Morgan fingerprint density at radius 1 is 1.29 bits per heavy atom. The predicted octanol–water partition coefficient (Wildman–Crippen LogP) is 4.69. The van der Waals surface area contributed by atoms with Crippen LogP contribution < -0.4 is 10.1 Å². The van der Waals surface area contributed by atoms with Crippen LogP contribution in [0.1, 0.15) is 51.5 Å². The van der Waals surface area contributed by atoms with Gasteiger partial charge in [-0.15, -0.1) is 0 Å². The first-order valence-electron chi connectivity index (χ1n) is 9.95. The van der Waals surface area contributed by atoms with Crippen LogP contribution in [-0.4, -0.2) is 19.2 Å². The number of dihydropyridines is 1. The first-order valence-corrected chi connectivity index (χ1v) is 9.95. The molecule has 28 heavy (non-hydrogen) atoms. The van der Waals surface area contributed by atoms with E-state index in [0.29, 0.717) is 12.0 Å². The molecule has 3 rings (SSSR count). The molecule has 0 amide bonds. The Hall–Kier alpha value is -2.62. The van der Waals surface area contributed by atoms with Crippen LogP contribution >= 0.6 is 0 Å². The number of carbonyl (C=O) groups excluding carboxylic acids is 2. The molecule has 148 valence electrons. The highest BCUT2D eigenvalue weighted by Gasteiger charge is 2.40. The lowest BCUT2D eigenvalue weighted by Gasteiger charge is -2.38. The Kier molecular flexibility index (Phi) is 6.18. The number of para-hydroxylation sites is 1. The van der Waals surface area contributed by atoms with E-state index in [1.54, 1.807) is 7.11 Å². The quantitative estimate of drug-likeness (QED) is 0.575. The highest BCUT2D eigenvalue weighted by molar-refractivity contribution is 6.00. The minimum atomic E-state index is -0.143. The molecule has 0 radical (unpaired) electrons. The van der Waals surface area contributed by atoms with Gasteiger partial charge in [0.05, 0.1) is 7.11 Å². The van der Waals surface area contributed by atoms with E-state index in [4.69, 9.17) is 4.74 Å². The van der Waals surface area contributed by atoms with Crippen molar-refractivity contribution < 1.29 is 14.3 Å². The van der Waals surface area contributed by atoms with E-state index < -0.39 is 0 Å². The van der Waals surface area contributed by atoms with Crippen LogP contribution in [0.15, 0.2) is 59.0 Å². The van der Waals surface area contributed by atoms with Gasteiger partial charge in [-0.3, -0.25) is 9.59 Å². The minimum Gasteiger partial charge on any atom is -0.496 e. The summed E-state index contributed by atoms with van der Waals surface area (Å²) in [6.45, 7) is 6.04. The van der Waals surface area contributed by atoms with E-state index in [9.17, 15) is 9.59 Å². The lowest BCUT2D eigenvalue weighted by Crippen LogP contribution is -2.37. The van der Waals surface area contributed by atoms with Gasteiger partial charge in [-0.05, 0) is 44.2 Å². The summed E-state index contributed by atoms with van der Waals surface area (Å²) in [4.78, 5) is 25.1. The summed E-state index contributed by atoms with van der Waals surface area (Å²) in [6, 6.07) is 7.91. The summed E-state index contributed by atoms with van der Waals surface area (Å²) in [5.41, 5.74) is 4.40. The number of rotatable bonds is 6. The average Bonchev–Trinajstić information content (AvgIpc) is 2.70. The number of allylic oxidation sites excluding steroid dienone is 6. The number of ether oxygens (including phenoxy) is 1. The molecule has 0 spiro atoms. The highest BCUT2D eigenvalue weighted by Crippen LogP contribution is 2.45. The molecule has 3 unspecified atom stereocenters. The van der Waals surface area contributed by atoms with E-state index >= 15 is 0 Å². The Morgan fingerprint density at radius 3 is 2.71 bits per heavy atom.